The molecule has 0 saturated heterocycles. The highest BCUT2D eigenvalue weighted by atomic mass is 79.9. The van der Waals surface area contributed by atoms with Crippen LogP contribution in [0.3, 0.4) is 0 Å². The molecule has 0 radical (unpaired) electrons. The minimum Gasteiger partial charge on any atom is -0.376 e. The molecule has 1 heterocycles. The first kappa shape index (κ1) is 14.5. The highest BCUT2D eigenvalue weighted by Gasteiger charge is 2.17. The molecule has 19 heavy (non-hydrogen) atoms. The van der Waals surface area contributed by atoms with Crippen molar-refractivity contribution >= 4 is 33.0 Å². The second-order valence-electron chi connectivity index (χ2n) is 5.35. The third kappa shape index (κ3) is 3.76. The summed E-state index contributed by atoms with van der Waals surface area (Å²) in [5.41, 5.74) is 1.61. The molecular formula is C14H16BrFN2S. The Kier molecular flexibility index (Phi) is 4.26. The van der Waals surface area contributed by atoms with E-state index in [1.54, 1.807) is 23.5 Å². The fourth-order valence-electron chi connectivity index (χ4n) is 1.54. The Morgan fingerprint density at radius 2 is 2.11 bits per heavy atom. The fourth-order valence-corrected chi connectivity index (χ4v) is 2.86. The molecule has 2 rings (SSSR count). The van der Waals surface area contributed by atoms with E-state index in [-0.39, 0.29) is 11.2 Å². The van der Waals surface area contributed by atoms with Crippen LogP contribution >= 0.6 is 27.3 Å². The van der Waals surface area contributed by atoms with E-state index in [2.05, 4.69) is 52.4 Å². The van der Waals surface area contributed by atoms with E-state index in [0.29, 0.717) is 12.2 Å². The summed E-state index contributed by atoms with van der Waals surface area (Å²) in [6.45, 7) is 6.93. The maximum absolute atomic E-state index is 13.6. The topological polar surface area (TPSA) is 24.9 Å². The van der Waals surface area contributed by atoms with Gasteiger partial charge in [-0.15, -0.1) is 11.3 Å². The van der Waals surface area contributed by atoms with Crippen molar-refractivity contribution < 1.29 is 4.39 Å². The van der Waals surface area contributed by atoms with Gasteiger partial charge in [0.1, 0.15) is 10.8 Å². The van der Waals surface area contributed by atoms with Crippen LogP contribution in [0.25, 0.3) is 0 Å². The fraction of sp³-hybridized carbons (Fsp3) is 0.357. The third-order valence-corrected chi connectivity index (χ3v) is 4.02. The lowest BCUT2D eigenvalue weighted by atomic mass is 9.93. The van der Waals surface area contributed by atoms with Crippen molar-refractivity contribution in [2.75, 3.05) is 5.32 Å². The zero-order valence-electron chi connectivity index (χ0n) is 11.1. The second-order valence-corrected chi connectivity index (χ2v) is 7.21. The number of aromatic nitrogens is 1. The van der Waals surface area contributed by atoms with E-state index in [0.717, 1.165) is 15.2 Å². The van der Waals surface area contributed by atoms with E-state index in [9.17, 15) is 4.39 Å². The Bertz CT molecular complexity index is 575. The number of nitrogens with one attached hydrogen (secondary N) is 1. The number of rotatable bonds is 3. The van der Waals surface area contributed by atoms with Crippen molar-refractivity contribution in [3.8, 4) is 0 Å². The van der Waals surface area contributed by atoms with Gasteiger partial charge in [-0.2, -0.15) is 0 Å². The highest BCUT2D eigenvalue weighted by molar-refractivity contribution is 9.10. The minimum absolute atomic E-state index is 0.0514. The first-order valence-corrected chi connectivity index (χ1v) is 7.67. The Morgan fingerprint density at radius 3 is 2.74 bits per heavy atom. The average Bonchev–Trinajstić information content (AvgIpc) is 2.79. The summed E-state index contributed by atoms with van der Waals surface area (Å²) in [7, 11) is 0. The lowest BCUT2D eigenvalue weighted by Gasteiger charge is -2.14. The van der Waals surface area contributed by atoms with Crippen LogP contribution < -0.4 is 5.32 Å². The molecule has 102 valence electrons. The molecule has 0 bridgehead atoms. The maximum Gasteiger partial charge on any atom is 0.146 e. The van der Waals surface area contributed by atoms with Crippen LogP contribution in [0.5, 0.6) is 0 Å². The Balaban J connectivity index is 2.06. The zero-order valence-corrected chi connectivity index (χ0v) is 13.5. The number of nitrogens with zero attached hydrogens (tertiary/aromatic N) is 1. The average molecular weight is 343 g/mol. The monoisotopic (exact) mass is 342 g/mol. The van der Waals surface area contributed by atoms with E-state index in [1.165, 1.54) is 6.07 Å². The first-order valence-electron chi connectivity index (χ1n) is 6.00. The molecule has 0 fully saturated rings. The lowest BCUT2D eigenvalue weighted by molar-refractivity contribution is 0.571. The summed E-state index contributed by atoms with van der Waals surface area (Å²) in [5, 5.41) is 6.10. The van der Waals surface area contributed by atoms with Crippen LogP contribution in [-0.2, 0) is 12.0 Å². The van der Waals surface area contributed by atoms with Crippen molar-refractivity contribution in [3.05, 3.63) is 44.6 Å². The van der Waals surface area contributed by atoms with Gasteiger partial charge in [-0.05, 0) is 18.2 Å². The smallest absolute Gasteiger partial charge is 0.146 e. The molecule has 0 aliphatic heterocycles. The van der Waals surface area contributed by atoms with Gasteiger partial charge in [-0.25, -0.2) is 9.37 Å². The number of halogens is 2. The molecular weight excluding hydrogens is 327 g/mol. The molecule has 0 spiro atoms. The summed E-state index contributed by atoms with van der Waals surface area (Å²) in [6, 6.07) is 4.85. The van der Waals surface area contributed by atoms with Gasteiger partial charge in [0.25, 0.3) is 0 Å². The predicted molar refractivity (Wildman–Crippen MR) is 82.2 cm³/mol. The van der Waals surface area contributed by atoms with Crippen molar-refractivity contribution in [1.29, 1.82) is 0 Å². The molecule has 2 aromatic rings. The molecule has 0 aliphatic carbocycles. The van der Waals surface area contributed by atoms with Crippen molar-refractivity contribution in [3.63, 3.8) is 0 Å². The molecule has 0 aliphatic rings. The summed E-state index contributed by atoms with van der Waals surface area (Å²) in [6.07, 6.45) is 0. The minimum atomic E-state index is -0.254. The summed E-state index contributed by atoms with van der Waals surface area (Å²) >= 11 is 4.93. The van der Waals surface area contributed by atoms with Gasteiger partial charge in [0.15, 0.2) is 0 Å². The van der Waals surface area contributed by atoms with Gasteiger partial charge in [0, 0.05) is 15.3 Å². The SMILES string of the molecule is CC(C)(C)c1csc(CNc2cc(Br)ccc2F)n1. The molecule has 1 aromatic heterocycles. The van der Waals surface area contributed by atoms with Crippen LogP contribution in [0.4, 0.5) is 10.1 Å². The van der Waals surface area contributed by atoms with Gasteiger partial charge >= 0.3 is 0 Å². The van der Waals surface area contributed by atoms with Crippen molar-refractivity contribution in [2.45, 2.75) is 32.7 Å². The van der Waals surface area contributed by atoms with Crippen LogP contribution in [-0.4, -0.2) is 4.98 Å². The normalized spacial score (nSPS) is 11.6. The van der Waals surface area contributed by atoms with Crippen LogP contribution in [0.15, 0.2) is 28.1 Å². The van der Waals surface area contributed by atoms with Crippen molar-refractivity contribution in [2.24, 2.45) is 0 Å². The number of hydrogen-bond acceptors (Lipinski definition) is 3. The summed E-state index contributed by atoms with van der Waals surface area (Å²) in [4.78, 5) is 4.57. The predicted octanol–water partition coefficient (Wildman–Crippen LogP) is 4.95. The molecule has 0 amide bonds. The van der Waals surface area contributed by atoms with Gasteiger partial charge in [0.2, 0.25) is 0 Å². The standard InChI is InChI=1S/C14H16BrFN2S/c1-14(2,3)12-8-19-13(18-12)7-17-11-6-9(15)4-5-10(11)16/h4-6,8,17H,7H2,1-3H3. The van der Waals surface area contributed by atoms with Gasteiger partial charge in [-0.1, -0.05) is 36.7 Å². The number of thiazole rings is 1. The Morgan fingerprint density at radius 1 is 1.37 bits per heavy atom. The molecule has 0 saturated carbocycles. The van der Waals surface area contributed by atoms with E-state index in [4.69, 9.17) is 0 Å². The summed E-state index contributed by atoms with van der Waals surface area (Å²) < 4.78 is 14.4. The molecule has 5 heteroatoms. The van der Waals surface area contributed by atoms with E-state index < -0.39 is 0 Å². The van der Waals surface area contributed by atoms with Gasteiger partial charge in [-0.3, -0.25) is 0 Å². The largest absolute Gasteiger partial charge is 0.376 e. The van der Waals surface area contributed by atoms with Gasteiger partial charge < -0.3 is 5.32 Å². The van der Waals surface area contributed by atoms with E-state index in [1.807, 2.05) is 0 Å². The highest BCUT2D eigenvalue weighted by Crippen LogP contribution is 2.25. The molecule has 0 atom stereocenters. The number of anilines is 1. The van der Waals surface area contributed by atoms with E-state index >= 15 is 0 Å². The zero-order chi connectivity index (χ0) is 14.0. The molecule has 1 aromatic carbocycles. The number of benzene rings is 1. The summed E-state index contributed by atoms with van der Waals surface area (Å²) in [5.74, 6) is -0.254. The third-order valence-electron chi connectivity index (χ3n) is 2.68. The van der Waals surface area contributed by atoms with Crippen LogP contribution in [0.2, 0.25) is 0 Å². The molecule has 2 nitrogen and oxygen atoms in total. The quantitative estimate of drug-likeness (QED) is 0.853. The Labute approximate surface area is 125 Å². The number of hydrogen-bond donors (Lipinski definition) is 1. The lowest BCUT2D eigenvalue weighted by Crippen LogP contribution is -2.12. The second kappa shape index (κ2) is 5.59. The molecule has 1 N–H and O–H groups in total. The Hall–Kier alpha value is -0.940. The van der Waals surface area contributed by atoms with Crippen LogP contribution in [0, 0.1) is 5.82 Å². The van der Waals surface area contributed by atoms with Crippen molar-refractivity contribution in [1.82, 2.24) is 4.98 Å². The van der Waals surface area contributed by atoms with Gasteiger partial charge in [0.05, 0.1) is 17.9 Å². The first-order chi connectivity index (χ1) is 8.86. The molecule has 0 unspecified atom stereocenters. The van der Waals surface area contributed by atoms with Crippen LogP contribution in [0.1, 0.15) is 31.5 Å². The maximum atomic E-state index is 13.6.